The summed E-state index contributed by atoms with van der Waals surface area (Å²) in [6.07, 6.45) is -0.987. The molecule has 0 saturated carbocycles. The van der Waals surface area contributed by atoms with Gasteiger partial charge in [0.1, 0.15) is 5.92 Å². The van der Waals surface area contributed by atoms with E-state index in [9.17, 15) is 9.59 Å². The number of carbonyl (C=O) groups excluding carboxylic acids is 2. The van der Waals surface area contributed by atoms with Crippen molar-refractivity contribution in [3.8, 4) is 0 Å². The minimum atomic E-state index is -0.987. The summed E-state index contributed by atoms with van der Waals surface area (Å²) in [7, 11) is 3.30. The highest BCUT2D eigenvalue weighted by Crippen LogP contribution is 2.29. The first-order valence-corrected chi connectivity index (χ1v) is 9.14. The average Bonchev–Trinajstić information content (AvgIpc) is 2.74. The maximum absolute atomic E-state index is 13.3. The number of benzene rings is 3. The monoisotopic (exact) mass is 373 g/mol. The number of likely N-dealkylation sites (N-methyl/N-ethyl adjacent to an activating group) is 1. The van der Waals surface area contributed by atoms with Crippen molar-refractivity contribution in [1.82, 2.24) is 4.90 Å². The molecule has 142 valence electrons. The van der Waals surface area contributed by atoms with Crippen LogP contribution in [0.2, 0.25) is 0 Å². The number of amides is 1. The van der Waals surface area contributed by atoms with Crippen LogP contribution in [0.25, 0.3) is 0 Å². The summed E-state index contributed by atoms with van der Waals surface area (Å²) in [6, 6.07) is 28.0. The molecule has 0 aliphatic heterocycles. The van der Waals surface area contributed by atoms with Crippen molar-refractivity contribution in [3.63, 3.8) is 0 Å². The second-order valence-electron chi connectivity index (χ2n) is 6.71. The van der Waals surface area contributed by atoms with Crippen LogP contribution in [0.1, 0.15) is 28.7 Å². The lowest BCUT2D eigenvalue weighted by atomic mass is 9.91. The summed E-state index contributed by atoms with van der Waals surface area (Å²) in [5.74, 6) is -1.34. The molecule has 0 bridgehead atoms. The Kier molecular flexibility index (Phi) is 6.22. The fraction of sp³-hybridized carbons (Fsp3) is 0.167. The summed E-state index contributed by atoms with van der Waals surface area (Å²) in [5.41, 5.74) is 2.29. The third-order valence-corrected chi connectivity index (χ3v) is 4.50. The smallest absolute Gasteiger partial charge is 0.319 e. The number of carbonyl (C=O) groups is 2. The zero-order chi connectivity index (χ0) is 19.9. The van der Waals surface area contributed by atoms with Crippen LogP contribution < -0.4 is 0 Å². The lowest BCUT2D eigenvalue weighted by Crippen LogP contribution is -2.32. The number of hydrogen-bond donors (Lipinski definition) is 0. The number of hydrogen-bond acceptors (Lipinski definition) is 3. The summed E-state index contributed by atoms with van der Waals surface area (Å²) >= 11 is 0. The van der Waals surface area contributed by atoms with Crippen molar-refractivity contribution in [2.24, 2.45) is 0 Å². The summed E-state index contributed by atoms with van der Waals surface area (Å²) in [4.78, 5) is 27.4. The number of nitrogens with zero attached hydrogens (tertiary/aromatic N) is 1. The summed E-state index contributed by atoms with van der Waals surface area (Å²) < 4.78 is 5.80. The quantitative estimate of drug-likeness (QED) is 0.609. The fourth-order valence-corrected chi connectivity index (χ4v) is 3.06. The molecule has 3 aromatic rings. The Balaban J connectivity index is 1.96. The van der Waals surface area contributed by atoms with Crippen LogP contribution in [0, 0.1) is 0 Å². The molecule has 1 atom stereocenters. The Morgan fingerprint density at radius 2 is 1.07 bits per heavy atom. The third kappa shape index (κ3) is 4.46. The van der Waals surface area contributed by atoms with E-state index in [0.717, 1.165) is 11.1 Å². The first-order valence-electron chi connectivity index (χ1n) is 9.14. The van der Waals surface area contributed by atoms with Gasteiger partial charge in [-0.25, -0.2) is 0 Å². The van der Waals surface area contributed by atoms with Gasteiger partial charge in [-0.3, -0.25) is 9.59 Å². The largest absolute Gasteiger partial charge is 0.447 e. The maximum atomic E-state index is 13.3. The Morgan fingerprint density at radius 3 is 1.46 bits per heavy atom. The first kappa shape index (κ1) is 19.4. The predicted octanol–water partition coefficient (Wildman–Crippen LogP) is 4.19. The van der Waals surface area contributed by atoms with Gasteiger partial charge in [0.2, 0.25) is 6.10 Å². The number of ether oxygens (including phenoxy) is 1. The van der Waals surface area contributed by atoms with Gasteiger partial charge in [-0.05, 0) is 11.1 Å². The fourth-order valence-electron chi connectivity index (χ4n) is 3.06. The van der Waals surface area contributed by atoms with E-state index in [0.29, 0.717) is 5.56 Å². The van der Waals surface area contributed by atoms with E-state index in [1.165, 1.54) is 4.90 Å². The van der Waals surface area contributed by atoms with Gasteiger partial charge in [0.25, 0.3) is 5.91 Å². The molecule has 0 unspecified atom stereocenters. The van der Waals surface area contributed by atoms with Crippen LogP contribution >= 0.6 is 0 Å². The Bertz CT molecular complexity index is 869. The molecule has 28 heavy (non-hydrogen) atoms. The van der Waals surface area contributed by atoms with Gasteiger partial charge >= 0.3 is 5.97 Å². The van der Waals surface area contributed by atoms with Crippen molar-refractivity contribution in [3.05, 3.63) is 108 Å². The van der Waals surface area contributed by atoms with Crippen LogP contribution in [0.15, 0.2) is 91.0 Å². The molecule has 4 nitrogen and oxygen atoms in total. The number of esters is 1. The van der Waals surface area contributed by atoms with E-state index in [1.807, 2.05) is 78.9 Å². The Morgan fingerprint density at radius 1 is 0.679 bits per heavy atom. The normalized spacial score (nSPS) is 11.7. The second-order valence-corrected chi connectivity index (χ2v) is 6.71. The Hall–Kier alpha value is -3.40. The molecule has 0 aliphatic carbocycles. The summed E-state index contributed by atoms with van der Waals surface area (Å²) in [5, 5.41) is 0. The summed E-state index contributed by atoms with van der Waals surface area (Å²) in [6.45, 7) is 0. The highest BCUT2D eigenvalue weighted by molar-refractivity contribution is 5.88. The van der Waals surface area contributed by atoms with E-state index >= 15 is 0 Å². The van der Waals surface area contributed by atoms with Crippen molar-refractivity contribution in [2.45, 2.75) is 12.0 Å². The van der Waals surface area contributed by atoms with Gasteiger partial charge in [-0.2, -0.15) is 0 Å². The third-order valence-electron chi connectivity index (χ3n) is 4.50. The minimum Gasteiger partial charge on any atom is -0.447 e. The van der Waals surface area contributed by atoms with Gasteiger partial charge in [0.05, 0.1) is 0 Å². The van der Waals surface area contributed by atoms with Gasteiger partial charge in [-0.15, -0.1) is 0 Å². The molecule has 0 aromatic heterocycles. The topological polar surface area (TPSA) is 46.6 Å². The molecule has 1 amide bonds. The first-order chi connectivity index (χ1) is 13.6. The van der Waals surface area contributed by atoms with E-state index < -0.39 is 18.0 Å². The molecule has 3 aromatic carbocycles. The van der Waals surface area contributed by atoms with Crippen molar-refractivity contribution < 1.29 is 14.3 Å². The molecule has 0 aliphatic rings. The van der Waals surface area contributed by atoms with Gasteiger partial charge in [0, 0.05) is 19.7 Å². The Labute approximate surface area is 165 Å². The molecule has 0 spiro atoms. The van der Waals surface area contributed by atoms with E-state index in [1.54, 1.807) is 26.2 Å². The van der Waals surface area contributed by atoms with E-state index in [4.69, 9.17) is 4.74 Å². The molecular weight excluding hydrogens is 350 g/mol. The van der Waals surface area contributed by atoms with Gasteiger partial charge in [-0.1, -0.05) is 91.0 Å². The lowest BCUT2D eigenvalue weighted by Gasteiger charge is -2.24. The van der Waals surface area contributed by atoms with Crippen molar-refractivity contribution >= 4 is 11.9 Å². The van der Waals surface area contributed by atoms with Crippen LogP contribution in [-0.4, -0.2) is 30.9 Å². The average molecular weight is 373 g/mol. The standard InChI is InChI=1S/C24H23NO3/c1-25(2)23(26)22(20-16-10-5-11-17-20)28-24(27)21(18-12-6-3-7-13-18)19-14-8-4-9-15-19/h3-17,21-22H,1-2H3/t22-/m0/s1. The van der Waals surface area contributed by atoms with E-state index in [2.05, 4.69) is 0 Å². The second kappa shape index (κ2) is 9.00. The zero-order valence-electron chi connectivity index (χ0n) is 16.0. The highest BCUT2D eigenvalue weighted by atomic mass is 16.5. The van der Waals surface area contributed by atoms with Crippen LogP contribution in [0.5, 0.6) is 0 Å². The SMILES string of the molecule is CN(C)C(=O)[C@@H](OC(=O)C(c1ccccc1)c1ccccc1)c1ccccc1. The van der Waals surface area contributed by atoms with Crippen LogP contribution in [-0.2, 0) is 14.3 Å². The molecule has 0 radical (unpaired) electrons. The predicted molar refractivity (Wildman–Crippen MR) is 109 cm³/mol. The van der Waals surface area contributed by atoms with Crippen molar-refractivity contribution in [2.75, 3.05) is 14.1 Å². The lowest BCUT2D eigenvalue weighted by molar-refractivity contribution is -0.160. The maximum Gasteiger partial charge on any atom is 0.319 e. The van der Waals surface area contributed by atoms with E-state index in [-0.39, 0.29) is 5.91 Å². The van der Waals surface area contributed by atoms with Gasteiger partial charge in [0.15, 0.2) is 0 Å². The minimum absolute atomic E-state index is 0.278. The molecule has 4 heteroatoms. The van der Waals surface area contributed by atoms with Crippen molar-refractivity contribution in [1.29, 1.82) is 0 Å². The molecular formula is C24H23NO3. The van der Waals surface area contributed by atoms with Crippen LogP contribution in [0.4, 0.5) is 0 Å². The number of rotatable bonds is 6. The molecule has 3 rings (SSSR count). The molecule has 0 N–H and O–H groups in total. The molecule has 0 saturated heterocycles. The van der Waals surface area contributed by atoms with Gasteiger partial charge < -0.3 is 9.64 Å². The highest BCUT2D eigenvalue weighted by Gasteiger charge is 2.31. The van der Waals surface area contributed by atoms with Crippen LogP contribution in [0.3, 0.4) is 0 Å². The molecule has 0 fully saturated rings. The molecule has 0 heterocycles. The zero-order valence-corrected chi connectivity index (χ0v) is 16.0.